The van der Waals surface area contributed by atoms with E-state index in [1.807, 2.05) is 18.2 Å². The summed E-state index contributed by atoms with van der Waals surface area (Å²) >= 11 is 12.1. The van der Waals surface area contributed by atoms with Crippen LogP contribution in [0.1, 0.15) is 5.56 Å². The molecule has 1 saturated heterocycles. The van der Waals surface area contributed by atoms with Gasteiger partial charge in [0.25, 0.3) is 0 Å². The number of morpholine rings is 1. The first kappa shape index (κ1) is 17.3. The zero-order valence-corrected chi connectivity index (χ0v) is 15.4. The van der Waals surface area contributed by atoms with Crippen LogP contribution in [0.25, 0.3) is 0 Å². The van der Waals surface area contributed by atoms with Gasteiger partial charge < -0.3 is 14.4 Å². The van der Waals surface area contributed by atoms with Gasteiger partial charge in [0.1, 0.15) is 6.26 Å². The van der Waals surface area contributed by atoms with Crippen LogP contribution in [-0.2, 0) is 16.0 Å². The van der Waals surface area contributed by atoms with E-state index in [2.05, 4.69) is 10.2 Å². The molecule has 4 rings (SSSR count). The van der Waals surface area contributed by atoms with E-state index < -0.39 is 0 Å². The van der Waals surface area contributed by atoms with Crippen LogP contribution in [-0.4, -0.2) is 42.1 Å². The maximum absolute atomic E-state index is 12.5. The number of hydrogen-bond donors (Lipinski definition) is 1. The van der Waals surface area contributed by atoms with E-state index in [1.54, 1.807) is 23.3 Å². The summed E-state index contributed by atoms with van der Waals surface area (Å²) in [5, 5.41) is 3.47. The summed E-state index contributed by atoms with van der Waals surface area (Å²) in [6.07, 6.45) is 3.59. The highest BCUT2D eigenvalue weighted by Gasteiger charge is 2.33. The van der Waals surface area contributed by atoms with Crippen molar-refractivity contribution in [2.45, 2.75) is 6.54 Å². The van der Waals surface area contributed by atoms with Gasteiger partial charge in [-0.05, 0) is 23.8 Å². The third kappa shape index (κ3) is 3.40. The monoisotopic (exact) mass is 393 g/mol. The number of ether oxygens (including phenoxy) is 2. The number of rotatable bonds is 3. The largest absolute Gasteiger partial charge is 0.457 e. The standard InChI is InChI=1S/C18H17Cl2N3O3/c19-13-3-1-12(2-4-13)10-23-15-9-14(22-5-7-25-8-6-22)11-26-16(15)17(20)21-18(23)24/h1-4,9,11H,5-8,10H2,(H,21,24). The fourth-order valence-corrected chi connectivity index (χ4v) is 3.38. The molecular weight excluding hydrogens is 377 g/mol. The Bertz CT molecular complexity index is 811. The zero-order valence-electron chi connectivity index (χ0n) is 13.9. The summed E-state index contributed by atoms with van der Waals surface area (Å²) < 4.78 is 11.1. The molecule has 1 N–H and O–H groups in total. The van der Waals surface area contributed by atoms with E-state index in [0.717, 1.165) is 24.4 Å². The van der Waals surface area contributed by atoms with Gasteiger partial charge in [-0.15, -0.1) is 0 Å². The molecule has 0 aromatic heterocycles. The summed E-state index contributed by atoms with van der Waals surface area (Å²) in [5.41, 5.74) is 2.48. The molecule has 0 spiro atoms. The molecule has 1 aromatic carbocycles. The molecule has 3 heterocycles. The molecular formula is C18H17Cl2N3O3. The van der Waals surface area contributed by atoms with Gasteiger partial charge in [0.2, 0.25) is 0 Å². The van der Waals surface area contributed by atoms with E-state index in [1.165, 1.54) is 0 Å². The lowest BCUT2D eigenvalue weighted by Crippen LogP contribution is -2.44. The smallest absolute Gasteiger partial charge is 0.327 e. The Morgan fingerprint density at radius 3 is 2.58 bits per heavy atom. The number of carbonyl (C=O) groups is 1. The maximum Gasteiger partial charge on any atom is 0.327 e. The quantitative estimate of drug-likeness (QED) is 0.799. The molecule has 0 unspecified atom stereocenters. The van der Waals surface area contributed by atoms with Crippen molar-refractivity contribution in [3.63, 3.8) is 0 Å². The lowest BCUT2D eigenvalue weighted by molar-refractivity contribution is 0.0532. The van der Waals surface area contributed by atoms with Crippen molar-refractivity contribution >= 4 is 29.2 Å². The van der Waals surface area contributed by atoms with Crippen molar-refractivity contribution in [2.24, 2.45) is 0 Å². The summed E-state index contributed by atoms with van der Waals surface area (Å²) in [6, 6.07) is 7.07. The Labute approximate surface area is 161 Å². The summed E-state index contributed by atoms with van der Waals surface area (Å²) in [5.74, 6) is 0.442. The molecule has 3 aliphatic heterocycles. The Hall–Kier alpha value is -2.15. The van der Waals surface area contributed by atoms with Crippen LogP contribution in [0, 0.1) is 0 Å². The fraction of sp³-hybridized carbons (Fsp3) is 0.278. The van der Waals surface area contributed by atoms with E-state index in [-0.39, 0.29) is 11.2 Å². The molecule has 0 bridgehead atoms. The number of halogens is 2. The van der Waals surface area contributed by atoms with Gasteiger partial charge in [0.15, 0.2) is 10.9 Å². The minimum atomic E-state index is -0.299. The molecule has 0 aliphatic carbocycles. The van der Waals surface area contributed by atoms with E-state index in [9.17, 15) is 4.79 Å². The first-order valence-electron chi connectivity index (χ1n) is 8.26. The lowest BCUT2D eigenvalue weighted by atomic mass is 10.1. The van der Waals surface area contributed by atoms with Crippen molar-refractivity contribution < 1.29 is 14.3 Å². The Kier molecular flexibility index (Phi) is 4.80. The molecule has 0 atom stereocenters. The van der Waals surface area contributed by atoms with Crippen molar-refractivity contribution in [2.75, 3.05) is 26.3 Å². The normalized spacial score (nSPS) is 20.2. The number of nitrogens with one attached hydrogen (secondary N) is 1. The number of benzene rings is 1. The Morgan fingerprint density at radius 2 is 1.85 bits per heavy atom. The highest BCUT2D eigenvalue weighted by molar-refractivity contribution is 6.31. The number of urea groups is 1. The molecule has 8 heteroatoms. The average Bonchev–Trinajstić information content (AvgIpc) is 2.67. The highest BCUT2D eigenvalue weighted by Crippen LogP contribution is 2.33. The molecule has 1 aromatic rings. The summed E-state index contributed by atoms with van der Waals surface area (Å²) in [6.45, 7) is 3.25. The fourth-order valence-electron chi connectivity index (χ4n) is 3.03. The van der Waals surface area contributed by atoms with Crippen LogP contribution in [0.2, 0.25) is 5.02 Å². The van der Waals surface area contributed by atoms with Gasteiger partial charge in [-0.3, -0.25) is 10.2 Å². The molecule has 26 heavy (non-hydrogen) atoms. The third-order valence-electron chi connectivity index (χ3n) is 4.40. The third-order valence-corrected chi connectivity index (χ3v) is 4.92. The van der Waals surface area contributed by atoms with Crippen LogP contribution in [0.4, 0.5) is 4.79 Å². The van der Waals surface area contributed by atoms with E-state index in [4.69, 9.17) is 32.7 Å². The van der Waals surface area contributed by atoms with Gasteiger partial charge in [0, 0.05) is 18.1 Å². The number of hydrogen-bond acceptors (Lipinski definition) is 4. The number of amides is 2. The zero-order chi connectivity index (χ0) is 18.1. The molecule has 0 saturated carbocycles. The van der Waals surface area contributed by atoms with Gasteiger partial charge in [-0.25, -0.2) is 4.79 Å². The van der Waals surface area contributed by atoms with E-state index >= 15 is 0 Å². The average molecular weight is 394 g/mol. The molecule has 1 fully saturated rings. The topological polar surface area (TPSA) is 54.0 Å². The van der Waals surface area contributed by atoms with Crippen molar-refractivity contribution in [3.8, 4) is 0 Å². The number of allylic oxidation sites excluding steroid dienone is 1. The summed E-state index contributed by atoms with van der Waals surface area (Å²) in [7, 11) is 0. The molecule has 2 amide bonds. The minimum absolute atomic E-state index is 0.186. The van der Waals surface area contributed by atoms with Gasteiger partial charge in [0.05, 0.1) is 31.2 Å². The maximum atomic E-state index is 12.5. The second kappa shape index (κ2) is 7.23. The van der Waals surface area contributed by atoms with Crippen molar-refractivity contribution in [1.82, 2.24) is 15.1 Å². The molecule has 6 nitrogen and oxygen atoms in total. The van der Waals surface area contributed by atoms with Gasteiger partial charge >= 0.3 is 6.03 Å². The van der Waals surface area contributed by atoms with Gasteiger partial charge in [-0.2, -0.15) is 0 Å². The number of fused-ring (bicyclic) bond motifs is 1. The second-order valence-electron chi connectivity index (χ2n) is 6.08. The first-order chi connectivity index (χ1) is 12.6. The SMILES string of the molecule is O=C1NC(Cl)=C2OC=C(N3CCOCC3)C=C2N1Cc1ccc(Cl)cc1. The first-order valence-corrected chi connectivity index (χ1v) is 9.02. The lowest BCUT2D eigenvalue weighted by Gasteiger charge is -2.36. The van der Waals surface area contributed by atoms with Crippen LogP contribution < -0.4 is 5.32 Å². The van der Waals surface area contributed by atoms with Crippen LogP contribution in [0.3, 0.4) is 0 Å². The van der Waals surface area contributed by atoms with E-state index in [0.29, 0.717) is 36.2 Å². The Morgan fingerprint density at radius 1 is 1.12 bits per heavy atom. The summed E-state index contributed by atoms with van der Waals surface area (Å²) in [4.78, 5) is 16.3. The minimum Gasteiger partial charge on any atom is -0.457 e. The van der Waals surface area contributed by atoms with Crippen LogP contribution in [0.15, 0.2) is 58.9 Å². The van der Waals surface area contributed by atoms with Crippen LogP contribution in [0.5, 0.6) is 0 Å². The predicted octanol–water partition coefficient (Wildman–Crippen LogP) is 3.36. The Balaban J connectivity index is 1.64. The number of carbonyl (C=O) groups excluding carboxylic acids is 1. The molecule has 136 valence electrons. The highest BCUT2D eigenvalue weighted by atomic mass is 35.5. The van der Waals surface area contributed by atoms with Gasteiger partial charge in [-0.1, -0.05) is 35.3 Å². The van der Waals surface area contributed by atoms with Crippen LogP contribution >= 0.6 is 23.2 Å². The molecule has 0 radical (unpaired) electrons. The van der Waals surface area contributed by atoms with Crippen molar-refractivity contribution in [3.05, 3.63) is 69.5 Å². The number of nitrogens with zero attached hydrogens (tertiary/aromatic N) is 2. The molecule has 3 aliphatic rings. The predicted molar refractivity (Wildman–Crippen MR) is 98.0 cm³/mol. The van der Waals surface area contributed by atoms with Crippen molar-refractivity contribution in [1.29, 1.82) is 0 Å². The second-order valence-corrected chi connectivity index (χ2v) is 6.89.